The van der Waals surface area contributed by atoms with Crippen LogP contribution < -0.4 is 10.6 Å². The molecule has 1 atom stereocenters. The van der Waals surface area contributed by atoms with Crippen LogP contribution in [0.1, 0.15) is 51.4 Å². The highest BCUT2D eigenvalue weighted by Gasteiger charge is 2.41. The third-order valence-corrected chi connectivity index (χ3v) is 4.07. The van der Waals surface area contributed by atoms with Crippen LogP contribution >= 0.6 is 0 Å². The van der Waals surface area contributed by atoms with Crippen molar-refractivity contribution in [3.8, 4) is 0 Å². The lowest BCUT2D eigenvalue weighted by atomic mass is 9.82. The topological polar surface area (TPSA) is 78.4 Å². The zero-order valence-electron chi connectivity index (χ0n) is 11.2. The standard InChI is InChI=1S/C14H22N2O3/c17-12(18)14(9-5-2-6-10-14)16-13(19)15-11-7-3-1-4-8-11/h1,3,11H,2,4-10H2,(H,17,18)(H2,15,16,19). The van der Waals surface area contributed by atoms with Crippen molar-refractivity contribution in [2.24, 2.45) is 0 Å². The Bertz CT molecular complexity index is 373. The lowest BCUT2D eigenvalue weighted by molar-refractivity contribution is -0.145. The van der Waals surface area contributed by atoms with E-state index >= 15 is 0 Å². The molecule has 0 aromatic carbocycles. The monoisotopic (exact) mass is 266 g/mol. The van der Waals surface area contributed by atoms with Gasteiger partial charge in [-0.2, -0.15) is 0 Å². The van der Waals surface area contributed by atoms with Crippen molar-refractivity contribution < 1.29 is 14.7 Å². The van der Waals surface area contributed by atoms with Crippen LogP contribution in [0, 0.1) is 0 Å². The number of nitrogens with one attached hydrogen (secondary N) is 2. The maximum Gasteiger partial charge on any atom is 0.329 e. The van der Waals surface area contributed by atoms with Crippen molar-refractivity contribution in [2.75, 3.05) is 0 Å². The third kappa shape index (κ3) is 3.49. The minimum absolute atomic E-state index is 0.124. The number of carboxylic acids is 1. The van der Waals surface area contributed by atoms with E-state index in [0.29, 0.717) is 12.8 Å². The van der Waals surface area contributed by atoms with Gasteiger partial charge >= 0.3 is 12.0 Å². The minimum atomic E-state index is -1.06. The van der Waals surface area contributed by atoms with E-state index in [0.717, 1.165) is 38.5 Å². The van der Waals surface area contributed by atoms with Crippen molar-refractivity contribution in [3.05, 3.63) is 12.2 Å². The first-order valence-electron chi connectivity index (χ1n) is 7.09. The first-order chi connectivity index (χ1) is 9.12. The van der Waals surface area contributed by atoms with Crippen LogP contribution in [-0.4, -0.2) is 28.7 Å². The highest BCUT2D eigenvalue weighted by atomic mass is 16.4. The molecule has 0 radical (unpaired) electrons. The van der Waals surface area contributed by atoms with Crippen molar-refractivity contribution in [3.63, 3.8) is 0 Å². The Morgan fingerprint density at radius 2 is 1.89 bits per heavy atom. The van der Waals surface area contributed by atoms with Gasteiger partial charge in [-0.1, -0.05) is 31.4 Å². The van der Waals surface area contributed by atoms with Gasteiger partial charge in [-0.05, 0) is 32.1 Å². The summed E-state index contributed by atoms with van der Waals surface area (Å²) in [6, 6.07) is -0.218. The third-order valence-electron chi connectivity index (χ3n) is 4.07. The maximum absolute atomic E-state index is 12.0. The van der Waals surface area contributed by atoms with Crippen LogP contribution in [0.15, 0.2) is 12.2 Å². The average Bonchev–Trinajstić information content (AvgIpc) is 2.40. The molecular weight excluding hydrogens is 244 g/mol. The van der Waals surface area contributed by atoms with Crippen LogP contribution in [0.4, 0.5) is 4.79 Å². The molecule has 2 rings (SSSR count). The van der Waals surface area contributed by atoms with E-state index in [9.17, 15) is 14.7 Å². The van der Waals surface area contributed by atoms with Gasteiger partial charge in [0.05, 0.1) is 0 Å². The Morgan fingerprint density at radius 1 is 1.16 bits per heavy atom. The Balaban J connectivity index is 1.91. The number of carbonyl (C=O) groups excluding carboxylic acids is 1. The first-order valence-corrected chi connectivity index (χ1v) is 7.09. The number of hydrogen-bond donors (Lipinski definition) is 3. The summed E-state index contributed by atoms with van der Waals surface area (Å²) in [6.07, 6.45) is 10.7. The molecule has 1 unspecified atom stereocenters. The normalized spacial score (nSPS) is 25.6. The Kier molecular flexibility index (Phi) is 4.45. The molecule has 0 aromatic heterocycles. The number of carbonyl (C=O) groups is 2. The summed E-state index contributed by atoms with van der Waals surface area (Å²) in [6.45, 7) is 0. The number of allylic oxidation sites excluding steroid dienone is 1. The van der Waals surface area contributed by atoms with Gasteiger partial charge in [0.1, 0.15) is 5.54 Å². The summed E-state index contributed by atoms with van der Waals surface area (Å²) in [4.78, 5) is 23.4. The summed E-state index contributed by atoms with van der Waals surface area (Å²) in [7, 11) is 0. The fraction of sp³-hybridized carbons (Fsp3) is 0.714. The quantitative estimate of drug-likeness (QED) is 0.685. The number of carboxylic acid groups (broad SMARTS) is 1. The van der Waals surface area contributed by atoms with Crippen molar-refractivity contribution in [2.45, 2.75) is 62.9 Å². The predicted molar refractivity (Wildman–Crippen MR) is 71.9 cm³/mol. The molecule has 0 heterocycles. The van der Waals surface area contributed by atoms with Crippen LogP contribution in [0.2, 0.25) is 0 Å². The van der Waals surface area contributed by atoms with E-state index in [-0.39, 0.29) is 12.1 Å². The Labute approximate surface area is 113 Å². The van der Waals surface area contributed by atoms with Gasteiger partial charge < -0.3 is 15.7 Å². The number of amides is 2. The SMILES string of the molecule is O=C(NC1CC=CCC1)NC1(C(=O)O)CCCCC1. The average molecular weight is 266 g/mol. The number of rotatable bonds is 3. The van der Waals surface area contributed by atoms with E-state index in [2.05, 4.69) is 22.8 Å². The van der Waals surface area contributed by atoms with Crippen LogP contribution in [0.5, 0.6) is 0 Å². The summed E-state index contributed by atoms with van der Waals surface area (Å²) < 4.78 is 0. The van der Waals surface area contributed by atoms with E-state index in [1.807, 2.05) is 0 Å². The molecule has 3 N–H and O–H groups in total. The fourth-order valence-corrected chi connectivity index (χ4v) is 2.91. The van der Waals surface area contributed by atoms with E-state index in [1.165, 1.54) is 0 Å². The second kappa shape index (κ2) is 6.08. The lowest BCUT2D eigenvalue weighted by Gasteiger charge is -2.34. The van der Waals surface area contributed by atoms with Gasteiger partial charge in [0.25, 0.3) is 0 Å². The highest BCUT2D eigenvalue weighted by molar-refractivity contribution is 5.86. The van der Waals surface area contributed by atoms with Gasteiger partial charge in [-0.25, -0.2) is 9.59 Å². The molecule has 0 bridgehead atoms. The van der Waals surface area contributed by atoms with Gasteiger partial charge in [0.15, 0.2) is 0 Å². The predicted octanol–water partition coefficient (Wildman–Crippen LogP) is 2.18. The van der Waals surface area contributed by atoms with Gasteiger partial charge in [0, 0.05) is 6.04 Å². The second-order valence-electron chi connectivity index (χ2n) is 5.53. The first kappa shape index (κ1) is 13.9. The molecule has 5 nitrogen and oxygen atoms in total. The maximum atomic E-state index is 12.0. The lowest BCUT2D eigenvalue weighted by Crippen LogP contribution is -2.59. The molecule has 1 saturated carbocycles. The molecule has 5 heteroatoms. The molecule has 0 saturated heterocycles. The van der Waals surface area contributed by atoms with Crippen LogP contribution in [-0.2, 0) is 4.79 Å². The smallest absolute Gasteiger partial charge is 0.329 e. The molecule has 19 heavy (non-hydrogen) atoms. The minimum Gasteiger partial charge on any atom is -0.480 e. The molecule has 0 spiro atoms. The zero-order valence-corrected chi connectivity index (χ0v) is 11.2. The van der Waals surface area contributed by atoms with Crippen LogP contribution in [0.3, 0.4) is 0 Å². The van der Waals surface area contributed by atoms with Gasteiger partial charge in [-0.15, -0.1) is 0 Å². The Morgan fingerprint density at radius 3 is 2.47 bits per heavy atom. The van der Waals surface area contributed by atoms with E-state index in [4.69, 9.17) is 0 Å². The molecule has 2 aliphatic carbocycles. The van der Waals surface area contributed by atoms with Gasteiger partial charge in [0.2, 0.25) is 0 Å². The summed E-state index contributed by atoms with van der Waals surface area (Å²) in [5.74, 6) is -0.911. The zero-order chi connectivity index (χ0) is 13.7. The van der Waals surface area contributed by atoms with Gasteiger partial charge in [-0.3, -0.25) is 0 Å². The summed E-state index contributed by atoms with van der Waals surface area (Å²) in [5, 5.41) is 15.0. The summed E-state index contributed by atoms with van der Waals surface area (Å²) >= 11 is 0. The molecule has 2 aliphatic rings. The molecule has 0 aliphatic heterocycles. The number of aliphatic carboxylic acids is 1. The molecule has 2 amide bonds. The van der Waals surface area contributed by atoms with Crippen LogP contribution in [0.25, 0.3) is 0 Å². The molecule has 0 aromatic rings. The van der Waals surface area contributed by atoms with Crippen molar-refractivity contribution in [1.82, 2.24) is 10.6 Å². The van der Waals surface area contributed by atoms with Crippen molar-refractivity contribution in [1.29, 1.82) is 0 Å². The molecule has 1 fully saturated rings. The van der Waals surface area contributed by atoms with E-state index < -0.39 is 11.5 Å². The molecular formula is C14H22N2O3. The highest BCUT2D eigenvalue weighted by Crippen LogP contribution is 2.28. The number of hydrogen-bond acceptors (Lipinski definition) is 2. The largest absolute Gasteiger partial charge is 0.480 e. The van der Waals surface area contributed by atoms with E-state index in [1.54, 1.807) is 0 Å². The summed E-state index contributed by atoms with van der Waals surface area (Å²) in [5.41, 5.74) is -1.06. The molecule has 106 valence electrons. The second-order valence-corrected chi connectivity index (χ2v) is 5.53. The number of urea groups is 1. The Hall–Kier alpha value is -1.52. The van der Waals surface area contributed by atoms with Crippen molar-refractivity contribution >= 4 is 12.0 Å². The fourth-order valence-electron chi connectivity index (χ4n) is 2.91.